The van der Waals surface area contributed by atoms with Crippen molar-refractivity contribution in [3.8, 4) is 0 Å². The molecule has 11 heavy (non-hydrogen) atoms. The van der Waals surface area contributed by atoms with Gasteiger partial charge in [0.05, 0.1) is 6.21 Å². The van der Waals surface area contributed by atoms with Gasteiger partial charge in [0.2, 0.25) is 5.56 Å². The van der Waals surface area contributed by atoms with Gasteiger partial charge >= 0.3 is 0 Å². The molecule has 4 heteroatoms. The maximum absolute atomic E-state index is 10.7. The largest absolute Gasteiger partial charge is 0.411 e. The molecule has 0 spiro atoms. The minimum atomic E-state index is -0.155. The van der Waals surface area contributed by atoms with E-state index in [2.05, 4.69) is 10.1 Å². The number of hydrogen-bond donors (Lipinski definition) is 2. The van der Waals surface area contributed by atoms with Crippen LogP contribution in [0.5, 0.6) is 0 Å². The summed E-state index contributed by atoms with van der Waals surface area (Å²) in [4.78, 5) is 13.2. The van der Waals surface area contributed by atoms with Crippen molar-refractivity contribution in [3.05, 3.63) is 33.7 Å². The number of nitrogens with one attached hydrogen (secondary N) is 1. The van der Waals surface area contributed by atoms with Gasteiger partial charge in [0, 0.05) is 17.3 Å². The van der Waals surface area contributed by atoms with E-state index in [0.717, 1.165) is 0 Å². The van der Waals surface area contributed by atoms with Crippen molar-refractivity contribution in [2.45, 2.75) is 6.92 Å². The van der Waals surface area contributed by atoms with E-state index < -0.39 is 0 Å². The third-order valence-corrected chi connectivity index (χ3v) is 1.35. The molecule has 1 aromatic rings. The number of aromatic amines is 1. The summed E-state index contributed by atoms with van der Waals surface area (Å²) in [5.74, 6) is 0. The maximum Gasteiger partial charge on any atom is 0.248 e. The molecule has 0 aliphatic carbocycles. The number of oxime groups is 1. The molecule has 0 saturated carbocycles. The van der Waals surface area contributed by atoms with Gasteiger partial charge in [-0.1, -0.05) is 5.16 Å². The number of rotatable bonds is 1. The Morgan fingerprint density at radius 3 is 2.91 bits per heavy atom. The van der Waals surface area contributed by atoms with Crippen LogP contribution < -0.4 is 5.56 Å². The van der Waals surface area contributed by atoms with Crippen LogP contribution in [0, 0.1) is 6.92 Å². The molecular weight excluding hydrogens is 144 g/mol. The Morgan fingerprint density at radius 1 is 1.64 bits per heavy atom. The first kappa shape index (κ1) is 7.53. The van der Waals surface area contributed by atoms with Gasteiger partial charge in [-0.3, -0.25) is 4.79 Å². The minimum Gasteiger partial charge on any atom is -0.411 e. The van der Waals surface area contributed by atoms with Crippen molar-refractivity contribution in [1.29, 1.82) is 0 Å². The molecule has 0 aliphatic rings. The van der Waals surface area contributed by atoms with Crippen LogP contribution in [0.25, 0.3) is 0 Å². The smallest absolute Gasteiger partial charge is 0.248 e. The predicted molar refractivity (Wildman–Crippen MR) is 41.2 cm³/mol. The summed E-state index contributed by atoms with van der Waals surface area (Å²) in [5.41, 5.74) is 1.24. The van der Waals surface area contributed by atoms with E-state index in [1.165, 1.54) is 12.3 Å². The quantitative estimate of drug-likeness (QED) is 0.349. The maximum atomic E-state index is 10.7. The van der Waals surface area contributed by atoms with Gasteiger partial charge in [0.25, 0.3) is 0 Å². The number of pyridine rings is 1. The van der Waals surface area contributed by atoms with Crippen LogP contribution in [-0.2, 0) is 0 Å². The standard InChI is InChI=1S/C7H8N2O2/c1-5-6(4-8-11)2-3-7(10)9-5/h2-4,11H,1H3,(H,9,10). The lowest BCUT2D eigenvalue weighted by Gasteiger charge is -1.95. The summed E-state index contributed by atoms with van der Waals surface area (Å²) < 4.78 is 0. The molecule has 0 saturated heterocycles. The van der Waals surface area contributed by atoms with Crippen molar-refractivity contribution in [2.75, 3.05) is 0 Å². The normalized spacial score (nSPS) is 10.6. The van der Waals surface area contributed by atoms with Crippen LogP contribution >= 0.6 is 0 Å². The molecule has 0 bridgehead atoms. The van der Waals surface area contributed by atoms with Crippen LogP contribution in [-0.4, -0.2) is 16.4 Å². The average molecular weight is 152 g/mol. The zero-order valence-electron chi connectivity index (χ0n) is 6.03. The molecule has 0 amide bonds. The summed E-state index contributed by atoms with van der Waals surface area (Å²) in [5, 5.41) is 11.0. The molecule has 58 valence electrons. The summed E-state index contributed by atoms with van der Waals surface area (Å²) in [6.45, 7) is 1.73. The Balaban J connectivity index is 3.19. The predicted octanol–water partition coefficient (Wildman–Crippen LogP) is 0.491. The van der Waals surface area contributed by atoms with Crippen LogP contribution in [0.15, 0.2) is 22.1 Å². The molecular formula is C7H8N2O2. The fourth-order valence-electron chi connectivity index (χ4n) is 0.791. The van der Waals surface area contributed by atoms with Crippen molar-refractivity contribution in [3.63, 3.8) is 0 Å². The molecule has 4 nitrogen and oxygen atoms in total. The van der Waals surface area contributed by atoms with Crippen molar-refractivity contribution < 1.29 is 5.21 Å². The number of hydrogen-bond acceptors (Lipinski definition) is 3. The Bertz CT molecular complexity index is 327. The number of H-pyrrole nitrogens is 1. The molecule has 0 aromatic carbocycles. The van der Waals surface area contributed by atoms with E-state index in [1.54, 1.807) is 13.0 Å². The van der Waals surface area contributed by atoms with Gasteiger partial charge in [-0.15, -0.1) is 0 Å². The van der Waals surface area contributed by atoms with Gasteiger partial charge in [-0.25, -0.2) is 0 Å². The highest BCUT2D eigenvalue weighted by atomic mass is 16.4. The molecule has 0 unspecified atom stereocenters. The highest BCUT2D eigenvalue weighted by molar-refractivity contribution is 5.80. The lowest BCUT2D eigenvalue weighted by Crippen LogP contribution is -2.06. The molecule has 1 rings (SSSR count). The monoisotopic (exact) mass is 152 g/mol. The van der Waals surface area contributed by atoms with Gasteiger partial charge in [0.15, 0.2) is 0 Å². The zero-order chi connectivity index (χ0) is 8.27. The second kappa shape index (κ2) is 3.01. The van der Waals surface area contributed by atoms with E-state index in [9.17, 15) is 4.79 Å². The van der Waals surface area contributed by atoms with Gasteiger partial charge in [0.1, 0.15) is 0 Å². The van der Waals surface area contributed by atoms with Crippen molar-refractivity contribution >= 4 is 6.21 Å². The molecule has 2 N–H and O–H groups in total. The molecule has 1 heterocycles. The van der Waals surface area contributed by atoms with Crippen LogP contribution in [0.2, 0.25) is 0 Å². The van der Waals surface area contributed by atoms with E-state index >= 15 is 0 Å². The SMILES string of the molecule is Cc1[nH]c(=O)ccc1C=NO. The van der Waals surface area contributed by atoms with E-state index in [-0.39, 0.29) is 5.56 Å². The van der Waals surface area contributed by atoms with Gasteiger partial charge in [-0.2, -0.15) is 0 Å². The first-order chi connectivity index (χ1) is 5.24. The van der Waals surface area contributed by atoms with E-state index in [4.69, 9.17) is 5.21 Å². The highest BCUT2D eigenvalue weighted by Crippen LogP contribution is 1.96. The molecule has 0 fully saturated rings. The minimum absolute atomic E-state index is 0.155. The van der Waals surface area contributed by atoms with Crippen LogP contribution in [0.1, 0.15) is 11.3 Å². The Morgan fingerprint density at radius 2 is 2.36 bits per heavy atom. The molecule has 0 atom stereocenters. The van der Waals surface area contributed by atoms with Crippen LogP contribution in [0.4, 0.5) is 0 Å². The lowest BCUT2D eigenvalue weighted by molar-refractivity contribution is 0.322. The second-order valence-corrected chi connectivity index (χ2v) is 2.15. The van der Waals surface area contributed by atoms with Crippen molar-refractivity contribution in [1.82, 2.24) is 4.98 Å². The van der Waals surface area contributed by atoms with Crippen LogP contribution in [0.3, 0.4) is 0 Å². The molecule has 0 radical (unpaired) electrons. The Labute approximate surface area is 63.2 Å². The summed E-state index contributed by atoms with van der Waals surface area (Å²) in [6.07, 6.45) is 1.27. The number of nitrogens with zero attached hydrogens (tertiary/aromatic N) is 1. The van der Waals surface area contributed by atoms with Crippen molar-refractivity contribution in [2.24, 2.45) is 5.16 Å². The topological polar surface area (TPSA) is 65.5 Å². The summed E-state index contributed by atoms with van der Waals surface area (Å²) in [6, 6.07) is 2.97. The summed E-state index contributed by atoms with van der Waals surface area (Å²) in [7, 11) is 0. The van der Waals surface area contributed by atoms with Gasteiger partial charge in [-0.05, 0) is 13.0 Å². The second-order valence-electron chi connectivity index (χ2n) is 2.15. The number of aromatic nitrogens is 1. The first-order valence-corrected chi connectivity index (χ1v) is 3.11. The fraction of sp³-hybridized carbons (Fsp3) is 0.143. The molecule has 1 aromatic heterocycles. The number of aryl methyl sites for hydroxylation is 1. The molecule has 0 aliphatic heterocycles. The lowest BCUT2D eigenvalue weighted by atomic mass is 10.2. The fourth-order valence-corrected chi connectivity index (χ4v) is 0.791. The summed E-state index contributed by atoms with van der Waals surface area (Å²) >= 11 is 0. The third-order valence-electron chi connectivity index (χ3n) is 1.35. The van der Waals surface area contributed by atoms with E-state index in [1.807, 2.05) is 0 Å². The van der Waals surface area contributed by atoms with E-state index in [0.29, 0.717) is 11.3 Å². The Kier molecular flexibility index (Phi) is 2.06. The Hall–Kier alpha value is -1.58. The van der Waals surface area contributed by atoms with Gasteiger partial charge < -0.3 is 10.2 Å². The first-order valence-electron chi connectivity index (χ1n) is 3.11. The average Bonchev–Trinajstić information content (AvgIpc) is 1.95. The highest BCUT2D eigenvalue weighted by Gasteiger charge is 1.93. The zero-order valence-corrected chi connectivity index (χ0v) is 6.03. The third kappa shape index (κ3) is 1.67.